The van der Waals surface area contributed by atoms with Crippen molar-refractivity contribution in [2.24, 2.45) is 0 Å². The SMILES string of the molecule is Cc1cc(NC(=O)[C@H](C)NC(=O)OCc2ccccc2)sc1[N+](=O)[O-]. The van der Waals surface area contributed by atoms with Crippen molar-refractivity contribution in [1.29, 1.82) is 0 Å². The largest absolute Gasteiger partial charge is 0.445 e. The maximum Gasteiger partial charge on any atom is 0.408 e. The average molecular weight is 363 g/mol. The summed E-state index contributed by atoms with van der Waals surface area (Å²) in [5, 5.41) is 16.1. The number of carbonyl (C=O) groups is 2. The predicted octanol–water partition coefficient (Wildman–Crippen LogP) is 3.22. The Kier molecular flexibility index (Phi) is 6.07. The zero-order valence-electron chi connectivity index (χ0n) is 13.6. The van der Waals surface area contributed by atoms with Crippen molar-refractivity contribution in [2.45, 2.75) is 26.5 Å². The van der Waals surface area contributed by atoms with Gasteiger partial charge in [-0.1, -0.05) is 30.3 Å². The molecule has 9 heteroatoms. The normalized spacial score (nSPS) is 11.4. The molecule has 25 heavy (non-hydrogen) atoms. The minimum atomic E-state index is -0.857. The summed E-state index contributed by atoms with van der Waals surface area (Å²) in [7, 11) is 0. The molecule has 1 atom stereocenters. The van der Waals surface area contributed by atoms with Crippen molar-refractivity contribution in [2.75, 3.05) is 5.32 Å². The van der Waals surface area contributed by atoms with Gasteiger partial charge in [-0.25, -0.2) is 4.79 Å². The molecule has 0 bridgehead atoms. The van der Waals surface area contributed by atoms with E-state index in [1.54, 1.807) is 6.92 Å². The molecular weight excluding hydrogens is 346 g/mol. The van der Waals surface area contributed by atoms with Crippen LogP contribution in [0.5, 0.6) is 0 Å². The molecule has 0 aliphatic heterocycles. The third kappa shape index (κ3) is 5.28. The molecule has 0 fully saturated rings. The highest BCUT2D eigenvalue weighted by Gasteiger charge is 2.20. The first-order valence-electron chi connectivity index (χ1n) is 7.39. The number of amides is 2. The van der Waals surface area contributed by atoms with Gasteiger partial charge in [0.1, 0.15) is 17.6 Å². The second kappa shape index (κ2) is 8.25. The zero-order valence-corrected chi connectivity index (χ0v) is 14.5. The van der Waals surface area contributed by atoms with Gasteiger partial charge in [-0.3, -0.25) is 14.9 Å². The van der Waals surface area contributed by atoms with Crippen LogP contribution in [0.3, 0.4) is 0 Å². The fourth-order valence-electron chi connectivity index (χ4n) is 1.95. The fourth-order valence-corrected chi connectivity index (χ4v) is 2.84. The number of nitro groups is 1. The Hall–Kier alpha value is -2.94. The molecule has 0 unspecified atom stereocenters. The molecule has 1 heterocycles. The van der Waals surface area contributed by atoms with Crippen molar-refractivity contribution in [3.8, 4) is 0 Å². The van der Waals surface area contributed by atoms with E-state index in [1.165, 1.54) is 13.0 Å². The van der Waals surface area contributed by atoms with E-state index in [0.717, 1.165) is 16.9 Å². The second-order valence-electron chi connectivity index (χ2n) is 5.27. The molecule has 2 N–H and O–H groups in total. The van der Waals surface area contributed by atoms with Crippen molar-refractivity contribution in [1.82, 2.24) is 5.32 Å². The Morgan fingerprint density at radius 3 is 2.60 bits per heavy atom. The van der Waals surface area contributed by atoms with Crippen LogP contribution in [0, 0.1) is 17.0 Å². The molecule has 0 aliphatic carbocycles. The van der Waals surface area contributed by atoms with E-state index in [2.05, 4.69) is 10.6 Å². The summed E-state index contributed by atoms with van der Waals surface area (Å²) in [5.41, 5.74) is 1.30. The number of alkyl carbamates (subject to hydrolysis) is 1. The summed E-state index contributed by atoms with van der Waals surface area (Å²) in [5.74, 6) is -0.493. The molecule has 0 radical (unpaired) electrons. The predicted molar refractivity (Wildman–Crippen MR) is 93.6 cm³/mol. The number of hydrogen-bond acceptors (Lipinski definition) is 6. The lowest BCUT2D eigenvalue weighted by atomic mass is 10.2. The van der Waals surface area contributed by atoms with Crippen molar-refractivity contribution >= 4 is 33.3 Å². The third-order valence-corrected chi connectivity index (χ3v) is 4.35. The lowest BCUT2D eigenvalue weighted by Crippen LogP contribution is -2.41. The van der Waals surface area contributed by atoms with E-state index in [-0.39, 0.29) is 11.6 Å². The van der Waals surface area contributed by atoms with Crippen molar-refractivity contribution in [3.63, 3.8) is 0 Å². The molecule has 132 valence electrons. The Labute approximate surface area is 148 Å². The topological polar surface area (TPSA) is 111 Å². The molecule has 0 spiro atoms. The van der Waals surface area contributed by atoms with Gasteiger partial charge in [0.2, 0.25) is 5.91 Å². The number of carbonyl (C=O) groups excluding carboxylic acids is 2. The number of ether oxygens (including phenoxy) is 1. The number of benzene rings is 1. The summed E-state index contributed by atoms with van der Waals surface area (Å²) in [6, 6.07) is 9.80. The third-order valence-electron chi connectivity index (χ3n) is 3.24. The summed E-state index contributed by atoms with van der Waals surface area (Å²) in [6.45, 7) is 3.18. The van der Waals surface area contributed by atoms with Gasteiger partial charge in [0.05, 0.1) is 4.92 Å². The Morgan fingerprint density at radius 2 is 2.00 bits per heavy atom. The standard InChI is InChI=1S/C16H17N3O5S/c1-10-8-13(25-15(10)19(22)23)18-14(20)11(2)17-16(21)24-9-12-6-4-3-5-7-12/h3-8,11H,9H2,1-2H3,(H,17,21)(H,18,20)/t11-/m0/s1. The summed E-state index contributed by atoms with van der Waals surface area (Å²) < 4.78 is 5.04. The van der Waals surface area contributed by atoms with E-state index in [4.69, 9.17) is 4.74 Å². The quantitative estimate of drug-likeness (QED) is 0.605. The lowest BCUT2D eigenvalue weighted by Gasteiger charge is -2.13. The van der Waals surface area contributed by atoms with Gasteiger partial charge < -0.3 is 15.4 Å². The van der Waals surface area contributed by atoms with E-state index in [9.17, 15) is 19.7 Å². The van der Waals surface area contributed by atoms with E-state index >= 15 is 0 Å². The zero-order chi connectivity index (χ0) is 18.4. The summed E-state index contributed by atoms with van der Waals surface area (Å²) in [6.07, 6.45) is -0.722. The van der Waals surface area contributed by atoms with E-state index < -0.39 is 23.0 Å². The van der Waals surface area contributed by atoms with Crippen LogP contribution in [-0.4, -0.2) is 23.0 Å². The average Bonchev–Trinajstić information content (AvgIpc) is 2.94. The van der Waals surface area contributed by atoms with Gasteiger partial charge in [0, 0.05) is 5.56 Å². The maximum absolute atomic E-state index is 12.1. The molecule has 0 saturated carbocycles. The molecular formula is C16H17N3O5S. The fraction of sp³-hybridized carbons (Fsp3) is 0.250. The Morgan fingerprint density at radius 1 is 1.32 bits per heavy atom. The number of anilines is 1. The monoisotopic (exact) mass is 363 g/mol. The summed E-state index contributed by atoms with van der Waals surface area (Å²) in [4.78, 5) is 34.1. The number of nitrogens with zero attached hydrogens (tertiary/aromatic N) is 1. The molecule has 2 amide bonds. The van der Waals surface area contributed by atoms with E-state index in [1.807, 2.05) is 30.3 Å². The molecule has 2 aromatic rings. The van der Waals surface area contributed by atoms with Crippen LogP contribution in [-0.2, 0) is 16.1 Å². The smallest absolute Gasteiger partial charge is 0.408 e. The number of aryl methyl sites for hydroxylation is 1. The van der Waals surface area contributed by atoms with Crippen molar-refractivity contribution < 1.29 is 19.2 Å². The Bertz CT molecular complexity index is 775. The van der Waals surface area contributed by atoms with Gasteiger partial charge in [-0.2, -0.15) is 0 Å². The molecule has 0 aliphatic rings. The minimum absolute atomic E-state index is 0.0295. The first-order valence-corrected chi connectivity index (χ1v) is 8.21. The highest BCUT2D eigenvalue weighted by atomic mass is 32.1. The molecule has 2 rings (SSSR count). The van der Waals surface area contributed by atoms with Gasteiger partial charge in [-0.15, -0.1) is 0 Å². The summed E-state index contributed by atoms with van der Waals surface area (Å²) >= 11 is 0.865. The van der Waals surface area contributed by atoms with Crippen LogP contribution >= 0.6 is 11.3 Å². The van der Waals surface area contributed by atoms with Crippen LogP contribution in [0.25, 0.3) is 0 Å². The molecule has 1 aromatic carbocycles. The first-order chi connectivity index (χ1) is 11.9. The second-order valence-corrected chi connectivity index (χ2v) is 6.30. The number of nitrogens with one attached hydrogen (secondary N) is 2. The highest BCUT2D eigenvalue weighted by Crippen LogP contribution is 2.33. The van der Waals surface area contributed by atoms with E-state index in [0.29, 0.717) is 10.6 Å². The van der Waals surface area contributed by atoms with Crippen LogP contribution in [0.2, 0.25) is 0 Å². The maximum atomic E-state index is 12.1. The van der Waals surface area contributed by atoms with Gasteiger partial charge >= 0.3 is 11.1 Å². The number of hydrogen-bond donors (Lipinski definition) is 2. The van der Waals surface area contributed by atoms with Gasteiger partial charge in [0.25, 0.3) is 0 Å². The van der Waals surface area contributed by atoms with Gasteiger partial charge in [0.15, 0.2) is 0 Å². The minimum Gasteiger partial charge on any atom is -0.445 e. The van der Waals surface area contributed by atoms with Crippen molar-refractivity contribution in [3.05, 3.63) is 57.6 Å². The van der Waals surface area contributed by atoms with Crippen LogP contribution in [0.4, 0.5) is 14.8 Å². The Balaban J connectivity index is 1.84. The molecule has 0 saturated heterocycles. The van der Waals surface area contributed by atoms with Gasteiger partial charge in [-0.05, 0) is 36.8 Å². The molecule has 8 nitrogen and oxygen atoms in total. The van der Waals surface area contributed by atoms with Crippen LogP contribution in [0.15, 0.2) is 36.4 Å². The number of thiophene rings is 1. The van der Waals surface area contributed by atoms with Crippen LogP contribution in [0.1, 0.15) is 18.1 Å². The number of rotatable bonds is 6. The lowest BCUT2D eigenvalue weighted by molar-refractivity contribution is -0.380. The molecule has 1 aromatic heterocycles. The highest BCUT2D eigenvalue weighted by molar-refractivity contribution is 7.19. The van der Waals surface area contributed by atoms with Crippen LogP contribution < -0.4 is 10.6 Å². The first kappa shape index (κ1) is 18.4.